The molecule has 124 valence electrons. The van der Waals surface area contributed by atoms with Crippen LogP contribution in [0.5, 0.6) is 0 Å². The monoisotopic (exact) mass is 343 g/mol. The van der Waals surface area contributed by atoms with E-state index in [4.69, 9.17) is 0 Å². The highest BCUT2D eigenvalue weighted by molar-refractivity contribution is 8.00. The number of aryl methyl sites for hydroxylation is 1. The molecule has 0 aliphatic heterocycles. The Balaban J connectivity index is 1.70. The minimum absolute atomic E-state index is 0.128. The maximum atomic E-state index is 12.9. The molecule has 1 N–H and O–H groups in total. The molecule has 0 saturated carbocycles. The van der Waals surface area contributed by atoms with Crippen LogP contribution in [0.25, 0.3) is 11.0 Å². The first kappa shape index (κ1) is 16.5. The van der Waals surface area contributed by atoms with Gasteiger partial charge in [-0.2, -0.15) is 0 Å². The van der Waals surface area contributed by atoms with Gasteiger partial charge in [-0.25, -0.2) is 9.37 Å². The predicted molar refractivity (Wildman–Crippen MR) is 95.8 cm³/mol. The average molecular weight is 343 g/mol. The number of para-hydroxylation sites is 2. The van der Waals surface area contributed by atoms with Crippen LogP contribution in [0.1, 0.15) is 13.3 Å². The lowest BCUT2D eigenvalue weighted by molar-refractivity contribution is -0.113. The van der Waals surface area contributed by atoms with Crippen molar-refractivity contribution in [2.75, 3.05) is 11.1 Å². The number of hydrogen-bond donors (Lipinski definition) is 1. The van der Waals surface area contributed by atoms with Gasteiger partial charge < -0.3 is 4.57 Å². The minimum Gasteiger partial charge on any atom is -0.310 e. The van der Waals surface area contributed by atoms with Crippen LogP contribution in [0, 0.1) is 5.82 Å². The van der Waals surface area contributed by atoms with E-state index in [0.717, 1.165) is 28.9 Å². The van der Waals surface area contributed by atoms with Crippen LogP contribution in [0.2, 0.25) is 0 Å². The molecular weight excluding hydrogens is 325 g/mol. The van der Waals surface area contributed by atoms with Crippen molar-refractivity contribution in [1.82, 2.24) is 9.55 Å². The number of carbonyl (C=O) groups is 1. The Morgan fingerprint density at radius 2 is 1.96 bits per heavy atom. The first-order chi connectivity index (χ1) is 11.7. The normalized spacial score (nSPS) is 10.9. The fourth-order valence-corrected chi connectivity index (χ4v) is 3.16. The number of imidazole rings is 1. The molecule has 0 saturated heterocycles. The molecule has 0 aliphatic rings. The van der Waals surface area contributed by atoms with Gasteiger partial charge in [-0.15, -0.1) is 11.8 Å². The Morgan fingerprint density at radius 1 is 1.21 bits per heavy atom. The fraction of sp³-hybridized carbons (Fsp3) is 0.222. The number of fused-ring (bicyclic) bond motifs is 1. The number of halogens is 1. The zero-order valence-electron chi connectivity index (χ0n) is 13.3. The molecule has 1 amide bonds. The van der Waals surface area contributed by atoms with Gasteiger partial charge >= 0.3 is 0 Å². The van der Waals surface area contributed by atoms with Crippen molar-refractivity contribution < 1.29 is 9.18 Å². The standard InChI is InChI=1S/C18H18FN3OS/c1-2-11-22-16-6-4-3-5-15(16)20-18(22)21-17(23)12-24-14-9-7-13(19)8-10-14/h3-10H,2,11-12H2,1H3,(H,20,21,23). The maximum absolute atomic E-state index is 12.9. The van der Waals surface area contributed by atoms with Crippen LogP contribution in [0.15, 0.2) is 53.4 Å². The zero-order valence-corrected chi connectivity index (χ0v) is 14.1. The molecule has 4 nitrogen and oxygen atoms in total. The highest BCUT2D eigenvalue weighted by atomic mass is 32.2. The van der Waals surface area contributed by atoms with Crippen molar-refractivity contribution >= 4 is 34.7 Å². The molecule has 3 aromatic rings. The average Bonchev–Trinajstić information content (AvgIpc) is 2.92. The highest BCUT2D eigenvalue weighted by Gasteiger charge is 2.12. The summed E-state index contributed by atoms with van der Waals surface area (Å²) >= 11 is 1.37. The topological polar surface area (TPSA) is 46.9 Å². The molecule has 24 heavy (non-hydrogen) atoms. The van der Waals surface area contributed by atoms with Crippen LogP contribution in [-0.2, 0) is 11.3 Å². The summed E-state index contributed by atoms with van der Waals surface area (Å²) < 4.78 is 14.9. The number of anilines is 1. The van der Waals surface area contributed by atoms with Crippen LogP contribution >= 0.6 is 11.8 Å². The van der Waals surface area contributed by atoms with E-state index in [1.54, 1.807) is 12.1 Å². The van der Waals surface area contributed by atoms with Gasteiger partial charge in [0, 0.05) is 11.4 Å². The highest BCUT2D eigenvalue weighted by Crippen LogP contribution is 2.21. The number of nitrogens with one attached hydrogen (secondary N) is 1. The third kappa shape index (κ3) is 3.76. The van der Waals surface area contributed by atoms with Crippen molar-refractivity contribution in [3.63, 3.8) is 0 Å². The second-order valence-corrected chi connectivity index (χ2v) is 6.42. The molecule has 0 bridgehead atoms. The molecule has 0 fully saturated rings. The summed E-state index contributed by atoms with van der Waals surface area (Å²) in [5.74, 6) is 0.415. The Kier molecular flexibility index (Phi) is 5.15. The molecule has 1 heterocycles. The van der Waals surface area contributed by atoms with E-state index >= 15 is 0 Å². The SMILES string of the molecule is CCCn1c(NC(=O)CSc2ccc(F)cc2)nc2ccccc21. The lowest BCUT2D eigenvalue weighted by Crippen LogP contribution is -2.17. The van der Waals surface area contributed by atoms with Gasteiger partial charge in [0.25, 0.3) is 0 Å². The summed E-state index contributed by atoms with van der Waals surface area (Å²) in [6, 6.07) is 13.9. The largest absolute Gasteiger partial charge is 0.310 e. The molecule has 3 rings (SSSR count). The minimum atomic E-state index is -0.280. The third-order valence-corrected chi connectivity index (χ3v) is 4.55. The van der Waals surface area contributed by atoms with Crippen molar-refractivity contribution in [2.45, 2.75) is 24.8 Å². The quantitative estimate of drug-likeness (QED) is 0.678. The molecular formula is C18H18FN3OS. The van der Waals surface area contributed by atoms with E-state index < -0.39 is 0 Å². The fourth-order valence-electron chi connectivity index (χ4n) is 2.46. The van der Waals surface area contributed by atoms with Crippen LogP contribution in [-0.4, -0.2) is 21.2 Å². The van der Waals surface area contributed by atoms with Crippen molar-refractivity contribution in [2.24, 2.45) is 0 Å². The van der Waals surface area contributed by atoms with Crippen LogP contribution in [0.3, 0.4) is 0 Å². The van der Waals surface area contributed by atoms with E-state index in [0.29, 0.717) is 5.95 Å². The number of amides is 1. The van der Waals surface area contributed by atoms with Crippen molar-refractivity contribution in [3.8, 4) is 0 Å². The zero-order chi connectivity index (χ0) is 16.9. The first-order valence-electron chi connectivity index (χ1n) is 7.81. The van der Waals surface area contributed by atoms with Gasteiger partial charge in [0.2, 0.25) is 11.9 Å². The Labute approximate surface area is 144 Å². The van der Waals surface area contributed by atoms with E-state index in [1.807, 2.05) is 28.8 Å². The summed E-state index contributed by atoms with van der Waals surface area (Å²) in [6.07, 6.45) is 0.952. The van der Waals surface area contributed by atoms with Gasteiger partial charge in [-0.05, 0) is 42.8 Å². The molecule has 0 spiro atoms. The Hall–Kier alpha value is -2.34. The van der Waals surface area contributed by atoms with E-state index in [1.165, 1.54) is 23.9 Å². The Bertz CT molecular complexity index is 845. The molecule has 1 aromatic heterocycles. The smallest absolute Gasteiger partial charge is 0.237 e. The number of thioether (sulfide) groups is 1. The summed E-state index contributed by atoms with van der Waals surface area (Å²) in [6.45, 7) is 2.88. The molecule has 0 atom stereocenters. The lowest BCUT2D eigenvalue weighted by Gasteiger charge is -2.09. The lowest BCUT2D eigenvalue weighted by atomic mass is 10.3. The maximum Gasteiger partial charge on any atom is 0.237 e. The van der Waals surface area contributed by atoms with Gasteiger partial charge in [-0.3, -0.25) is 10.1 Å². The molecule has 2 aromatic carbocycles. The number of hydrogen-bond acceptors (Lipinski definition) is 3. The second-order valence-electron chi connectivity index (χ2n) is 5.37. The van der Waals surface area contributed by atoms with Gasteiger partial charge in [0.1, 0.15) is 5.82 Å². The summed E-state index contributed by atoms with van der Waals surface area (Å²) in [7, 11) is 0. The van der Waals surface area contributed by atoms with Gasteiger partial charge in [0.05, 0.1) is 16.8 Å². The Morgan fingerprint density at radius 3 is 2.71 bits per heavy atom. The second kappa shape index (κ2) is 7.49. The number of carbonyl (C=O) groups excluding carboxylic acids is 1. The van der Waals surface area contributed by atoms with Crippen LogP contribution < -0.4 is 5.32 Å². The van der Waals surface area contributed by atoms with Crippen molar-refractivity contribution in [1.29, 1.82) is 0 Å². The molecule has 0 aliphatic carbocycles. The van der Waals surface area contributed by atoms with Crippen LogP contribution in [0.4, 0.5) is 10.3 Å². The predicted octanol–water partition coefficient (Wildman–Crippen LogP) is 4.32. The summed E-state index contributed by atoms with van der Waals surface area (Å²) in [4.78, 5) is 17.6. The van der Waals surface area contributed by atoms with Crippen molar-refractivity contribution in [3.05, 3.63) is 54.3 Å². The number of benzene rings is 2. The molecule has 0 radical (unpaired) electrons. The van der Waals surface area contributed by atoms with Gasteiger partial charge in [-0.1, -0.05) is 19.1 Å². The van der Waals surface area contributed by atoms with Gasteiger partial charge in [0.15, 0.2) is 0 Å². The van der Waals surface area contributed by atoms with E-state index in [2.05, 4.69) is 17.2 Å². The summed E-state index contributed by atoms with van der Waals surface area (Å²) in [5, 5.41) is 2.88. The number of nitrogens with zero attached hydrogens (tertiary/aromatic N) is 2. The molecule has 0 unspecified atom stereocenters. The molecule has 6 heteroatoms. The number of aromatic nitrogens is 2. The number of rotatable bonds is 6. The third-order valence-electron chi connectivity index (χ3n) is 3.54. The van der Waals surface area contributed by atoms with E-state index in [9.17, 15) is 9.18 Å². The van der Waals surface area contributed by atoms with E-state index in [-0.39, 0.29) is 17.5 Å². The first-order valence-corrected chi connectivity index (χ1v) is 8.79. The summed E-state index contributed by atoms with van der Waals surface area (Å²) in [5.41, 5.74) is 1.88.